The molecule has 1 N–H and O–H groups in total. The minimum atomic E-state index is -0.566. The quantitative estimate of drug-likeness (QED) is 0.921. The van der Waals surface area contributed by atoms with Gasteiger partial charge >= 0.3 is 0 Å². The zero-order valence-electron chi connectivity index (χ0n) is 13.5. The van der Waals surface area contributed by atoms with Crippen LogP contribution in [0.5, 0.6) is 5.75 Å². The van der Waals surface area contributed by atoms with E-state index in [4.69, 9.17) is 4.74 Å². The number of rotatable bonds is 4. The molecule has 0 aliphatic heterocycles. The molecule has 1 aromatic rings. The summed E-state index contributed by atoms with van der Waals surface area (Å²) in [6, 6.07) is 0. The summed E-state index contributed by atoms with van der Waals surface area (Å²) >= 11 is 0. The molecule has 3 heteroatoms. The second-order valence-corrected chi connectivity index (χ2v) is 7.14. The molecule has 21 heavy (non-hydrogen) atoms. The lowest BCUT2D eigenvalue weighted by molar-refractivity contribution is -0.0204. The van der Waals surface area contributed by atoms with Crippen LogP contribution < -0.4 is 4.74 Å². The first-order valence-electron chi connectivity index (χ1n) is 8.24. The average Bonchev–Trinajstić information content (AvgIpc) is 3.27. The van der Waals surface area contributed by atoms with Gasteiger partial charge in [-0.3, -0.25) is 4.98 Å². The number of aliphatic hydroxyl groups is 1. The third kappa shape index (κ3) is 3.08. The van der Waals surface area contributed by atoms with Gasteiger partial charge in [-0.05, 0) is 57.8 Å². The van der Waals surface area contributed by atoms with Crippen molar-refractivity contribution in [2.24, 2.45) is 11.8 Å². The van der Waals surface area contributed by atoms with Crippen molar-refractivity contribution in [1.29, 1.82) is 0 Å². The van der Waals surface area contributed by atoms with Crippen molar-refractivity contribution >= 4 is 0 Å². The Kier molecular flexibility index (Phi) is 3.96. The molecule has 116 valence electrons. The number of pyridine rings is 1. The summed E-state index contributed by atoms with van der Waals surface area (Å²) in [4.78, 5) is 4.57. The summed E-state index contributed by atoms with van der Waals surface area (Å²) in [5.41, 5.74) is 2.57. The minimum Gasteiger partial charge on any atom is -0.496 e. The van der Waals surface area contributed by atoms with Gasteiger partial charge in [0.25, 0.3) is 0 Å². The normalized spacial score (nSPS) is 29.4. The highest BCUT2D eigenvalue weighted by Gasteiger charge is 2.41. The second kappa shape index (κ2) is 5.60. The Balaban J connectivity index is 1.78. The lowest BCUT2D eigenvalue weighted by Gasteiger charge is -2.37. The molecule has 2 atom stereocenters. The van der Waals surface area contributed by atoms with Gasteiger partial charge in [-0.1, -0.05) is 6.42 Å². The van der Waals surface area contributed by atoms with E-state index < -0.39 is 5.60 Å². The van der Waals surface area contributed by atoms with Crippen LogP contribution in [-0.2, 0) is 6.42 Å². The number of hydrogen-bond donors (Lipinski definition) is 1. The maximum Gasteiger partial charge on any atom is 0.128 e. The van der Waals surface area contributed by atoms with E-state index in [1.165, 1.54) is 19.3 Å². The van der Waals surface area contributed by atoms with Gasteiger partial charge in [-0.2, -0.15) is 0 Å². The minimum absolute atomic E-state index is 0.566. The Morgan fingerprint density at radius 2 is 2.05 bits per heavy atom. The average molecular weight is 289 g/mol. The van der Waals surface area contributed by atoms with Crippen LogP contribution >= 0.6 is 0 Å². The van der Waals surface area contributed by atoms with Gasteiger partial charge in [0.15, 0.2) is 0 Å². The predicted molar refractivity (Wildman–Crippen MR) is 83.6 cm³/mol. The van der Waals surface area contributed by atoms with Crippen molar-refractivity contribution in [3.05, 3.63) is 23.0 Å². The molecule has 2 saturated carbocycles. The van der Waals surface area contributed by atoms with Gasteiger partial charge < -0.3 is 9.84 Å². The highest BCUT2D eigenvalue weighted by molar-refractivity contribution is 5.41. The highest BCUT2D eigenvalue weighted by Crippen LogP contribution is 2.47. The summed E-state index contributed by atoms with van der Waals surface area (Å²) in [6.07, 6.45) is 9.59. The maximum absolute atomic E-state index is 11.0. The molecular formula is C18H27NO2. The smallest absolute Gasteiger partial charge is 0.128 e. The number of aryl methyl sites for hydroxylation is 1. The third-order valence-electron chi connectivity index (χ3n) is 5.39. The molecule has 0 aromatic carbocycles. The zero-order chi connectivity index (χ0) is 15.0. The summed E-state index contributed by atoms with van der Waals surface area (Å²) in [5.74, 6) is 2.54. The van der Waals surface area contributed by atoms with E-state index in [1.54, 1.807) is 7.11 Å². The van der Waals surface area contributed by atoms with Gasteiger partial charge in [0.05, 0.1) is 12.7 Å². The van der Waals surface area contributed by atoms with Crippen molar-refractivity contribution in [3.8, 4) is 5.75 Å². The number of nitrogens with zero attached hydrogens (tertiary/aromatic N) is 1. The van der Waals surface area contributed by atoms with Gasteiger partial charge in [0.2, 0.25) is 0 Å². The van der Waals surface area contributed by atoms with E-state index in [1.807, 2.05) is 13.1 Å². The molecule has 2 unspecified atom stereocenters. The van der Waals surface area contributed by atoms with Crippen molar-refractivity contribution in [2.75, 3.05) is 7.11 Å². The molecule has 3 rings (SSSR count). The van der Waals surface area contributed by atoms with E-state index >= 15 is 0 Å². The number of hydrogen-bond acceptors (Lipinski definition) is 3. The summed E-state index contributed by atoms with van der Waals surface area (Å²) < 4.78 is 5.49. The lowest BCUT2D eigenvalue weighted by Crippen LogP contribution is -2.38. The SMILES string of the molecule is COc1c(C)cnc(CC2(O)CCCC(C3CC3)C2)c1C. The Morgan fingerprint density at radius 1 is 1.29 bits per heavy atom. The second-order valence-electron chi connectivity index (χ2n) is 7.14. The molecule has 0 radical (unpaired) electrons. The lowest BCUT2D eigenvalue weighted by atomic mass is 9.73. The number of ether oxygens (including phenoxy) is 1. The zero-order valence-corrected chi connectivity index (χ0v) is 13.5. The van der Waals surface area contributed by atoms with Crippen LogP contribution in [0.1, 0.15) is 55.3 Å². The molecule has 0 saturated heterocycles. The van der Waals surface area contributed by atoms with Crippen molar-refractivity contribution < 1.29 is 9.84 Å². The van der Waals surface area contributed by atoms with Gasteiger partial charge in [0, 0.05) is 29.4 Å². The molecule has 2 aliphatic carbocycles. The molecule has 2 fully saturated rings. The monoisotopic (exact) mass is 289 g/mol. The Morgan fingerprint density at radius 3 is 2.71 bits per heavy atom. The summed E-state index contributed by atoms with van der Waals surface area (Å²) in [7, 11) is 1.71. The van der Waals surface area contributed by atoms with Crippen LogP contribution in [0.4, 0.5) is 0 Å². The van der Waals surface area contributed by atoms with Crippen molar-refractivity contribution in [1.82, 2.24) is 4.98 Å². The Hall–Kier alpha value is -1.09. The first-order chi connectivity index (χ1) is 10.0. The van der Waals surface area contributed by atoms with E-state index in [0.29, 0.717) is 6.42 Å². The van der Waals surface area contributed by atoms with Crippen LogP contribution in [0.15, 0.2) is 6.20 Å². The van der Waals surface area contributed by atoms with E-state index in [-0.39, 0.29) is 0 Å². The van der Waals surface area contributed by atoms with E-state index in [9.17, 15) is 5.11 Å². The van der Waals surface area contributed by atoms with Crippen LogP contribution in [0.2, 0.25) is 0 Å². The maximum atomic E-state index is 11.0. The molecule has 0 bridgehead atoms. The number of aromatic nitrogens is 1. The van der Waals surface area contributed by atoms with Crippen LogP contribution in [0.25, 0.3) is 0 Å². The van der Waals surface area contributed by atoms with Crippen LogP contribution in [0, 0.1) is 25.7 Å². The van der Waals surface area contributed by atoms with E-state index in [0.717, 1.165) is 53.7 Å². The fraction of sp³-hybridized carbons (Fsp3) is 0.722. The highest BCUT2D eigenvalue weighted by atomic mass is 16.5. The predicted octanol–water partition coefficient (Wildman–Crippen LogP) is 3.58. The van der Waals surface area contributed by atoms with Gasteiger partial charge in [-0.15, -0.1) is 0 Å². The molecule has 0 amide bonds. The Bertz CT molecular complexity index is 524. The van der Waals surface area contributed by atoms with Gasteiger partial charge in [0.1, 0.15) is 5.75 Å². The largest absolute Gasteiger partial charge is 0.496 e. The fourth-order valence-electron chi connectivity index (χ4n) is 4.08. The summed E-state index contributed by atoms with van der Waals surface area (Å²) in [6.45, 7) is 4.07. The molecule has 0 spiro atoms. The fourth-order valence-corrected chi connectivity index (χ4v) is 4.08. The van der Waals surface area contributed by atoms with Crippen molar-refractivity contribution in [3.63, 3.8) is 0 Å². The summed E-state index contributed by atoms with van der Waals surface area (Å²) in [5, 5.41) is 11.0. The molecule has 3 nitrogen and oxygen atoms in total. The third-order valence-corrected chi connectivity index (χ3v) is 5.39. The molecule has 1 heterocycles. The molecule has 2 aliphatic rings. The van der Waals surface area contributed by atoms with E-state index in [2.05, 4.69) is 11.9 Å². The standard InChI is InChI=1S/C18H27NO2/c1-12-11-19-16(13(2)17(12)21-3)10-18(20)8-4-5-15(9-18)14-6-7-14/h11,14-15,20H,4-10H2,1-3H3. The van der Waals surface area contributed by atoms with Gasteiger partial charge in [-0.25, -0.2) is 0 Å². The Labute approximate surface area is 127 Å². The topological polar surface area (TPSA) is 42.4 Å². The van der Waals surface area contributed by atoms with Crippen molar-refractivity contribution in [2.45, 2.75) is 64.4 Å². The first kappa shape index (κ1) is 14.8. The van der Waals surface area contributed by atoms with Crippen LogP contribution in [0.3, 0.4) is 0 Å². The number of methoxy groups -OCH3 is 1. The van der Waals surface area contributed by atoms with Crippen LogP contribution in [-0.4, -0.2) is 22.8 Å². The molecular weight excluding hydrogens is 262 g/mol. The molecule has 1 aromatic heterocycles. The first-order valence-corrected chi connectivity index (χ1v) is 8.24.